The Balaban J connectivity index is 0.000000185. The van der Waals surface area contributed by atoms with Gasteiger partial charge in [-0.3, -0.25) is 0 Å². The molecule has 0 fully saturated rings. The van der Waals surface area contributed by atoms with Gasteiger partial charge in [-0.25, -0.2) is 0 Å². The van der Waals surface area contributed by atoms with Crippen molar-refractivity contribution in [3.63, 3.8) is 0 Å². The maximum Gasteiger partial charge on any atom is 0.0982 e. The molecule has 0 bridgehead atoms. The van der Waals surface area contributed by atoms with Gasteiger partial charge in [-0.2, -0.15) is 0 Å². The Hall–Kier alpha value is -2.50. The SMILES string of the molecule is CC1=C(C)N(C)C(C)N1C.CC1=C(C)N(C)C(C)N1C.Cc1cc2c(cc1C)N(C)C(C)N2C. The van der Waals surface area contributed by atoms with E-state index in [9.17, 15) is 0 Å². The van der Waals surface area contributed by atoms with Crippen molar-refractivity contribution in [3.8, 4) is 0 Å². The highest BCUT2D eigenvalue weighted by atomic mass is 15.4. The minimum Gasteiger partial charge on any atom is -0.357 e. The summed E-state index contributed by atoms with van der Waals surface area (Å²) >= 11 is 0. The molecule has 3 aliphatic rings. The van der Waals surface area contributed by atoms with Gasteiger partial charge in [0, 0.05) is 65.1 Å². The van der Waals surface area contributed by atoms with Crippen LogP contribution >= 0.6 is 0 Å². The van der Waals surface area contributed by atoms with Crippen molar-refractivity contribution in [2.45, 2.75) is 80.8 Å². The van der Waals surface area contributed by atoms with Gasteiger partial charge in [0.1, 0.15) is 0 Å². The van der Waals surface area contributed by atoms with Crippen molar-refractivity contribution in [2.24, 2.45) is 0 Å². The Morgan fingerprint density at radius 1 is 0.412 bits per heavy atom. The zero-order valence-electron chi connectivity index (χ0n) is 24.6. The summed E-state index contributed by atoms with van der Waals surface area (Å²) in [5.41, 5.74) is 11.0. The molecule has 6 heteroatoms. The first-order valence-corrected chi connectivity index (χ1v) is 12.5. The summed E-state index contributed by atoms with van der Waals surface area (Å²) in [4.78, 5) is 13.8. The molecular formula is C28H50N6. The first-order valence-electron chi connectivity index (χ1n) is 12.5. The van der Waals surface area contributed by atoms with Crippen LogP contribution in [0.3, 0.4) is 0 Å². The second-order valence-corrected chi connectivity index (χ2v) is 10.3. The molecule has 4 rings (SSSR count). The lowest BCUT2D eigenvalue weighted by atomic mass is 10.1. The average Bonchev–Trinajstić information content (AvgIpc) is 3.20. The quantitative estimate of drug-likeness (QED) is 0.498. The van der Waals surface area contributed by atoms with E-state index in [4.69, 9.17) is 0 Å². The summed E-state index contributed by atoms with van der Waals surface area (Å²) in [5, 5.41) is 0. The molecule has 1 aromatic rings. The fourth-order valence-corrected chi connectivity index (χ4v) is 4.67. The molecule has 6 nitrogen and oxygen atoms in total. The second-order valence-electron chi connectivity index (χ2n) is 10.3. The average molecular weight is 471 g/mol. The van der Waals surface area contributed by atoms with Crippen molar-refractivity contribution in [2.75, 3.05) is 52.1 Å². The fourth-order valence-electron chi connectivity index (χ4n) is 4.67. The van der Waals surface area contributed by atoms with Crippen LogP contribution in [0.4, 0.5) is 11.4 Å². The second kappa shape index (κ2) is 10.4. The summed E-state index contributed by atoms with van der Waals surface area (Å²) in [5.74, 6) is 0. The number of rotatable bonds is 0. The number of nitrogens with zero attached hydrogens (tertiary/aromatic N) is 6. The zero-order chi connectivity index (χ0) is 26.2. The van der Waals surface area contributed by atoms with Gasteiger partial charge < -0.3 is 29.4 Å². The van der Waals surface area contributed by atoms with Crippen molar-refractivity contribution in [3.05, 3.63) is 46.0 Å². The first-order chi connectivity index (χ1) is 15.6. The van der Waals surface area contributed by atoms with E-state index >= 15 is 0 Å². The smallest absolute Gasteiger partial charge is 0.0982 e. The summed E-state index contributed by atoms with van der Waals surface area (Å²) < 4.78 is 0. The van der Waals surface area contributed by atoms with E-state index in [2.05, 4.69) is 146 Å². The van der Waals surface area contributed by atoms with Gasteiger partial charge in [0.15, 0.2) is 0 Å². The summed E-state index contributed by atoms with van der Waals surface area (Å²) in [6.07, 6.45) is 1.52. The van der Waals surface area contributed by atoms with Crippen LogP contribution in [-0.2, 0) is 0 Å². The lowest BCUT2D eigenvalue weighted by Gasteiger charge is -2.25. The fraction of sp³-hybridized carbons (Fsp3) is 0.643. The molecule has 0 spiro atoms. The molecule has 1 aromatic carbocycles. The predicted octanol–water partition coefficient (Wildman–Crippen LogP) is 5.46. The molecule has 0 aliphatic carbocycles. The van der Waals surface area contributed by atoms with Gasteiger partial charge in [-0.1, -0.05) is 0 Å². The maximum atomic E-state index is 2.32. The number of aryl methyl sites for hydroxylation is 2. The summed E-state index contributed by atoms with van der Waals surface area (Å²) in [6, 6.07) is 4.56. The van der Waals surface area contributed by atoms with Crippen molar-refractivity contribution in [1.82, 2.24) is 19.6 Å². The number of fused-ring (bicyclic) bond motifs is 1. The number of hydrogen-bond donors (Lipinski definition) is 0. The molecule has 0 saturated heterocycles. The van der Waals surface area contributed by atoms with Crippen LogP contribution in [0.5, 0.6) is 0 Å². The van der Waals surface area contributed by atoms with Gasteiger partial charge in [-0.15, -0.1) is 0 Å². The normalized spacial score (nSPS) is 19.3. The van der Waals surface area contributed by atoms with Gasteiger partial charge in [0.2, 0.25) is 0 Å². The minimum atomic E-state index is 0.464. The van der Waals surface area contributed by atoms with E-state index in [1.165, 1.54) is 45.3 Å². The summed E-state index contributed by atoms with van der Waals surface area (Å²) in [7, 11) is 12.8. The third-order valence-corrected chi connectivity index (χ3v) is 8.88. The molecule has 0 atom stereocenters. The third-order valence-electron chi connectivity index (χ3n) is 8.88. The van der Waals surface area contributed by atoms with Gasteiger partial charge in [-0.05, 0) is 85.6 Å². The first kappa shape index (κ1) is 27.7. The van der Waals surface area contributed by atoms with Crippen LogP contribution in [0.1, 0.15) is 59.6 Å². The van der Waals surface area contributed by atoms with E-state index in [0.29, 0.717) is 18.5 Å². The largest absolute Gasteiger partial charge is 0.357 e. The highest BCUT2D eigenvalue weighted by Crippen LogP contribution is 2.39. The number of anilines is 2. The Bertz CT molecular complexity index is 837. The molecule has 3 aliphatic heterocycles. The summed E-state index contributed by atoms with van der Waals surface area (Å²) in [6.45, 7) is 19.6. The minimum absolute atomic E-state index is 0.464. The van der Waals surface area contributed by atoms with Crippen LogP contribution in [0, 0.1) is 13.8 Å². The highest BCUT2D eigenvalue weighted by molar-refractivity contribution is 5.78. The van der Waals surface area contributed by atoms with Crippen molar-refractivity contribution in [1.29, 1.82) is 0 Å². The molecule has 192 valence electrons. The van der Waals surface area contributed by atoms with Crippen molar-refractivity contribution >= 4 is 11.4 Å². The predicted molar refractivity (Wildman–Crippen MR) is 149 cm³/mol. The molecule has 0 N–H and O–H groups in total. The van der Waals surface area contributed by atoms with Crippen LogP contribution in [0.15, 0.2) is 34.9 Å². The van der Waals surface area contributed by atoms with Gasteiger partial charge in [0.05, 0.1) is 29.9 Å². The van der Waals surface area contributed by atoms with E-state index in [-0.39, 0.29) is 0 Å². The molecule has 0 radical (unpaired) electrons. The lowest BCUT2D eigenvalue weighted by Crippen LogP contribution is -2.35. The third kappa shape index (κ3) is 4.96. The molecular weight excluding hydrogens is 420 g/mol. The molecule has 0 aromatic heterocycles. The number of hydrogen-bond acceptors (Lipinski definition) is 6. The number of benzene rings is 1. The van der Waals surface area contributed by atoms with Crippen molar-refractivity contribution < 1.29 is 0 Å². The molecule has 3 heterocycles. The van der Waals surface area contributed by atoms with E-state index in [1.54, 1.807) is 0 Å². The molecule has 0 unspecified atom stereocenters. The zero-order valence-corrected chi connectivity index (χ0v) is 24.6. The standard InChI is InChI=1S/C12H18N2.2C8H16N2/c1-8-6-11-12(7-9(8)2)14(5)10(3)13(11)4;2*1-6-7(2)10(5)8(3)9(6)4/h6-7,10H,1-5H3;2*8H,1-5H3. The van der Waals surface area contributed by atoms with Crippen LogP contribution in [0.25, 0.3) is 0 Å². The van der Waals surface area contributed by atoms with E-state index in [0.717, 1.165) is 0 Å². The van der Waals surface area contributed by atoms with Crippen LogP contribution in [0.2, 0.25) is 0 Å². The molecule has 0 saturated carbocycles. The van der Waals surface area contributed by atoms with E-state index < -0.39 is 0 Å². The lowest BCUT2D eigenvalue weighted by molar-refractivity contribution is 0.209. The topological polar surface area (TPSA) is 19.4 Å². The van der Waals surface area contributed by atoms with Crippen LogP contribution < -0.4 is 9.80 Å². The Labute approximate surface area is 210 Å². The Kier molecular flexibility index (Phi) is 8.49. The molecule has 34 heavy (non-hydrogen) atoms. The van der Waals surface area contributed by atoms with Gasteiger partial charge >= 0.3 is 0 Å². The van der Waals surface area contributed by atoms with E-state index in [1.807, 2.05) is 0 Å². The van der Waals surface area contributed by atoms with Gasteiger partial charge in [0.25, 0.3) is 0 Å². The Morgan fingerprint density at radius 3 is 0.794 bits per heavy atom. The monoisotopic (exact) mass is 470 g/mol. The Morgan fingerprint density at radius 2 is 0.618 bits per heavy atom. The highest BCUT2D eigenvalue weighted by Gasteiger charge is 2.28. The molecule has 0 amide bonds. The van der Waals surface area contributed by atoms with Crippen LogP contribution in [-0.4, -0.2) is 80.4 Å². The number of allylic oxidation sites excluding steroid dienone is 4. The maximum absolute atomic E-state index is 2.32.